The van der Waals surface area contributed by atoms with Crippen molar-refractivity contribution in [1.82, 2.24) is 5.32 Å². The van der Waals surface area contributed by atoms with Crippen LogP contribution in [0.25, 0.3) is 0 Å². The van der Waals surface area contributed by atoms with Gasteiger partial charge in [0.1, 0.15) is 0 Å². The van der Waals surface area contributed by atoms with Crippen LogP contribution >= 0.6 is 0 Å². The van der Waals surface area contributed by atoms with Gasteiger partial charge in [0.25, 0.3) is 0 Å². The lowest BCUT2D eigenvalue weighted by Crippen LogP contribution is -2.31. The SMILES string of the molecule is CC(C)NCCC[Si](C)(C)C(C)C.[HH]. The molecule has 0 aliphatic heterocycles. The molecule has 0 aliphatic carbocycles. The fourth-order valence-corrected chi connectivity index (χ4v) is 2.89. The lowest BCUT2D eigenvalue weighted by Gasteiger charge is -2.27. The molecule has 0 aliphatic rings. The molecule has 0 radical (unpaired) electrons. The summed E-state index contributed by atoms with van der Waals surface area (Å²) in [5.74, 6) is 0. The molecular formula is C11H29NSi. The van der Waals surface area contributed by atoms with E-state index in [4.69, 9.17) is 0 Å². The fourth-order valence-electron chi connectivity index (χ4n) is 1.22. The van der Waals surface area contributed by atoms with E-state index in [0.29, 0.717) is 6.04 Å². The highest BCUT2D eigenvalue weighted by Crippen LogP contribution is 2.25. The molecule has 1 nitrogen and oxygen atoms in total. The van der Waals surface area contributed by atoms with Gasteiger partial charge in [-0.25, -0.2) is 0 Å². The molecule has 0 bridgehead atoms. The van der Waals surface area contributed by atoms with E-state index in [1.807, 2.05) is 0 Å². The van der Waals surface area contributed by atoms with Gasteiger partial charge in [-0.3, -0.25) is 0 Å². The number of nitrogens with one attached hydrogen (secondary N) is 1. The first-order valence-corrected chi connectivity index (χ1v) is 8.88. The summed E-state index contributed by atoms with van der Waals surface area (Å²) in [5, 5.41) is 3.48. The molecule has 0 aromatic heterocycles. The minimum atomic E-state index is -0.893. The predicted molar refractivity (Wildman–Crippen MR) is 67.3 cm³/mol. The second kappa shape index (κ2) is 5.81. The molecule has 0 amide bonds. The van der Waals surface area contributed by atoms with Crippen LogP contribution < -0.4 is 5.32 Å². The maximum atomic E-state index is 3.48. The van der Waals surface area contributed by atoms with Gasteiger partial charge in [-0.2, -0.15) is 0 Å². The number of rotatable bonds is 6. The van der Waals surface area contributed by atoms with E-state index < -0.39 is 8.07 Å². The van der Waals surface area contributed by atoms with E-state index in [1.54, 1.807) is 0 Å². The third kappa shape index (κ3) is 6.27. The van der Waals surface area contributed by atoms with Gasteiger partial charge >= 0.3 is 0 Å². The standard InChI is InChI=1S/C11H27NSi.H2/c1-10(2)12-8-7-9-13(5,6)11(3)4;/h10-12H,7-9H2,1-6H3;1H. The third-order valence-electron chi connectivity index (χ3n) is 3.11. The van der Waals surface area contributed by atoms with Crippen molar-refractivity contribution in [1.29, 1.82) is 0 Å². The lowest BCUT2D eigenvalue weighted by atomic mass is 10.4. The van der Waals surface area contributed by atoms with Gasteiger partial charge in [0.15, 0.2) is 0 Å². The zero-order valence-electron chi connectivity index (χ0n) is 10.3. The van der Waals surface area contributed by atoms with Gasteiger partial charge in [-0.1, -0.05) is 52.4 Å². The van der Waals surface area contributed by atoms with E-state index in [2.05, 4.69) is 46.1 Å². The Morgan fingerprint density at radius 2 is 1.69 bits per heavy atom. The summed E-state index contributed by atoms with van der Waals surface area (Å²) in [6, 6.07) is 2.11. The predicted octanol–water partition coefficient (Wildman–Crippen LogP) is 3.74. The Morgan fingerprint density at radius 1 is 1.15 bits per heavy atom. The Labute approximate surface area is 86.8 Å². The Kier molecular flexibility index (Phi) is 5.89. The van der Waals surface area contributed by atoms with Gasteiger partial charge < -0.3 is 5.32 Å². The van der Waals surface area contributed by atoms with Crippen molar-refractivity contribution >= 4 is 8.07 Å². The number of hydrogen-bond acceptors (Lipinski definition) is 1. The van der Waals surface area contributed by atoms with Crippen molar-refractivity contribution in [2.45, 2.75) is 64.8 Å². The molecule has 1 N–H and O–H groups in total. The first-order chi connectivity index (χ1) is 5.86. The van der Waals surface area contributed by atoms with Gasteiger partial charge in [0, 0.05) is 15.5 Å². The highest BCUT2D eigenvalue weighted by atomic mass is 28.3. The van der Waals surface area contributed by atoms with Crippen molar-refractivity contribution in [3.8, 4) is 0 Å². The van der Waals surface area contributed by atoms with Gasteiger partial charge in [-0.05, 0) is 13.0 Å². The Bertz CT molecular complexity index is 135. The van der Waals surface area contributed by atoms with Crippen LogP contribution in [-0.2, 0) is 0 Å². The second-order valence-corrected chi connectivity index (χ2v) is 11.0. The molecule has 2 heteroatoms. The van der Waals surface area contributed by atoms with Crippen LogP contribution in [0.2, 0.25) is 24.7 Å². The van der Waals surface area contributed by atoms with Crippen LogP contribution in [0.1, 0.15) is 35.5 Å². The monoisotopic (exact) mass is 203 g/mol. The normalized spacial score (nSPS) is 12.9. The third-order valence-corrected chi connectivity index (χ3v) is 7.88. The molecule has 0 aromatic rings. The van der Waals surface area contributed by atoms with Crippen LogP contribution in [0, 0.1) is 0 Å². The van der Waals surface area contributed by atoms with Crippen LogP contribution in [0.3, 0.4) is 0 Å². The minimum Gasteiger partial charge on any atom is -0.315 e. The molecule has 0 rings (SSSR count). The van der Waals surface area contributed by atoms with Crippen molar-refractivity contribution in [2.24, 2.45) is 0 Å². The van der Waals surface area contributed by atoms with Crippen molar-refractivity contribution in [3.05, 3.63) is 0 Å². The molecule has 0 fully saturated rings. The summed E-state index contributed by atoms with van der Waals surface area (Å²) >= 11 is 0. The lowest BCUT2D eigenvalue weighted by molar-refractivity contribution is 0.581. The van der Waals surface area contributed by atoms with Gasteiger partial charge in [0.05, 0.1) is 0 Å². The maximum absolute atomic E-state index is 3.48. The highest BCUT2D eigenvalue weighted by Gasteiger charge is 2.23. The van der Waals surface area contributed by atoms with E-state index in [9.17, 15) is 0 Å². The largest absolute Gasteiger partial charge is 0.315 e. The highest BCUT2D eigenvalue weighted by molar-refractivity contribution is 6.78. The average Bonchev–Trinajstić information content (AvgIpc) is 1.97. The molecule has 0 unspecified atom stereocenters. The van der Waals surface area contributed by atoms with E-state index in [1.165, 1.54) is 19.0 Å². The summed E-state index contributed by atoms with van der Waals surface area (Å²) in [5.41, 5.74) is 0.923. The van der Waals surface area contributed by atoms with E-state index in [-0.39, 0.29) is 1.43 Å². The summed E-state index contributed by atoms with van der Waals surface area (Å²) in [6.07, 6.45) is 1.36. The van der Waals surface area contributed by atoms with Crippen LogP contribution in [0.15, 0.2) is 0 Å². The molecular weight excluding hydrogens is 174 g/mol. The summed E-state index contributed by atoms with van der Waals surface area (Å²) in [4.78, 5) is 0. The van der Waals surface area contributed by atoms with Crippen LogP contribution in [0.4, 0.5) is 0 Å². The average molecular weight is 203 g/mol. The second-order valence-electron chi connectivity index (χ2n) is 5.36. The summed E-state index contributed by atoms with van der Waals surface area (Å²) in [7, 11) is -0.893. The van der Waals surface area contributed by atoms with Crippen molar-refractivity contribution in [2.75, 3.05) is 6.54 Å². The maximum Gasteiger partial charge on any atom is 0.0499 e. The smallest absolute Gasteiger partial charge is 0.0499 e. The summed E-state index contributed by atoms with van der Waals surface area (Å²) < 4.78 is 0. The molecule has 82 valence electrons. The molecule has 0 aromatic carbocycles. The topological polar surface area (TPSA) is 12.0 Å². The van der Waals surface area contributed by atoms with Crippen LogP contribution in [-0.4, -0.2) is 20.7 Å². The van der Waals surface area contributed by atoms with Gasteiger partial charge in [-0.15, -0.1) is 0 Å². The molecule has 0 atom stereocenters. The van der Waals surface area contributed by atoms with Crippen molar-refractivity contribution < 1.29 is 1.43 Å². The van der Waals surface area contributed by atoms with Crippen molar-refractivity contribution in [3.63, 3.8) is 0 Å². The van der Waals surface area contributed by atoms with Gasteiger partial charge in [0.2, 0.25) is 0 Å². The molecule has 0 saturated carbocycles. The Balaban J connectivity index is 0. The first-order valence-electron chi connectivity index (χ1n) is 5.59. The zero-order valence-corrected chi connectivity index (χ0v) is 11.3. The number of hydrogen-bond donors (Lipinski definition) is 1. The minimum absolute atomic E-state index is 0. The Hall–Kier alpha value is 0.177. The Morgan fingerprint density at radius 3 is 2.08 bits per heavy atom. The fraction of sp³-hybridized carbons (Fsp3) is 1.00. The quantitative estimate of drug-likeness (QED) is 0.512. The first kappa shape index (κ1) is 13.2. The molecule has 0 spiro atoms. The molecule has 0 heterocycles. The van der Waals surface area contributed by atoms with E-state index >= 15 is 0 Å². The zero-order chi connectivity index (χ0) is 10.5. The van der Waals surface area contributed by atoms with Crippen LogP contribution in [0.5, 0.6) is 0 Å². The summed E-state index contributed by atoms with van der Waals surface area (Å²) in [6.45, 7) is 15.4. The molecule has 13 heavy (non-hydrogen) atoms. The molecule has 0 saturated heterocycles. The van der Waals surface area contributed by atoms with E-state index in [0.717, 1.165) is 5.54 Å².